The lowest BCUT2D eigenvalue weighted by Gasteiger charge is -2.42. The van der Waals surface area contributed by atoms with Crippen LogP contribution in [0.15, 0.2) is 0 Å². The second kappa shape index (κ2) is 4.95. The molecule has 0 aromatic heterocycles. The third kappa shape index (κ3) is 3.07. The van der Waals surface area contributed by atoms with Crippen LogP contribution in [0.3, 0.4) is 0 Å². The van der Waals surface area contributed by atoms with E-state index in [9.17, 15) is 18.0 Å². The molecule has 104 valence electrons. The lowest BCUT2D eigenvalue weighted by molar-refractivity contribution is -0.123. The number of carbonyl (C=O) groups is 1. The summed E-state index contributed by atoms with van der Waals surface area (Å²) in [6.45, 7) is 2.94. The standard InChI is InChI=1S/C11H18F3N3O/c1-8-5-16-4-2-3-9(16)6-17(8)10(18)15-7-11(12,13)14/h8-9H,2-7H2,1H3,(H,15,18). The van der Waals surface area contributed by atoms with Gasteiger partial charge in [0.1, 0.15) is 6.54 Å². The van der Waals surface area contributed by atoms with Gasteiger partial charge in [-0.1, -0.05) is 0 Å². The molecule has 2 atom stereocenters. The van der Waals surface area contributed by atoms with Crippen molar-refractivity contribution in [2.75, 3.05) is 26.2 Å². The van der Waals surface area contributed by atoms with E-state index in [0.717, 1.165) is 25.9 Å². The van der Waals surface area contributed by atoms with Gasteiger partial charge >= 0.3 is 12.2 Å². The van der Waals surface area contributed by atoms with Crippen LogP contribution in [0.1, 0.15) is 19.8 Å². The van der Waals surface area contributed by atoms with Gasteiger partial charge < -0.3 is 10.2 Å². The highest BCUT2D eigenvalue weighted by atomic mass is 19.4. The average Bonchev–Trinajstić information content (AvgIpc) is 2.70. The summed E-state index contributed by atoms with van der Waals surface area (Å²) in [6.07, 6.45) is -2.22. The molecule has 2 aliphatic rings. The van der Waals surface area contributed by atoms with E-state index in [-0.39, 0.29) is 6.04 Å². The summed E-state index contributed by atoms with van der Waals surface area (Å²) in [7, 11) is 0. The fourth-order valence-corrected chi connectivity index (χ4v) is 2.75. The number of rotatable bonds is 1. The van der Waals surface area contributed by atoms with Gasteiger partial charge in [-0.15, -0.1) is 0 Å². The third-order valence-corrected chi connectivity index (χ3v) is 3.64. The Morgan fingerprint density at radius 3 is 2.78 bits per heavy atom. The number of hydrogen-bond acceptors (Lipinski definition) is 2. The van der Waals surface area contributed by atoms with Gasteiger partial charge in [-0.2, -0.15) is 13.2 Å². The molecule has 2 fully saturated rings. The maximum atomic E-state index is 12.1. The molecule has 0 saturated carbocycles. The number of nitrogens with one attached hydrogen (secondary N) is 1. The Morgan fingerprint density at radius 2 is 2.11 bits per heavy atom. The number of fused-ring (bicyclic) bond motifs is 1. The van der Waals surface area contributed by atoms with Crippen LogP contribution in [-0.2, 0) is 0 Å². The van der Waals surface area contributed by atoms with E-state index in [1.165, 1.54) is 4.90 Å². The fraction of sp³-hybridized carbons (Fsp3) is 0.909. The smallest absolute Gasteiger partial charge is 0.329 e. The Balaban J connectivity index is 1.89. The molecule has 2 amide bonds. The number of amides is 2. The molecule has 2 rings (SSSR count). The van der Waals surface area contributed by atoms with Gasteiger partial charge in [-0.05, 0) is 26.3 Å². The average molecular weight is 265 g/mol. The predicted molar refractivity (Wildman–Crippen MR) is 60.2 cm³/mol. The first-order valence-corrected chi connectivity index (χ1v) is 6.22. The number of carbonyl (C=O) groups excluding carboxylic acids is 1. The van der Waals surface area contributed by atoms with Crippen molar-refractivity contribution in [2.24, 2.45) is 0 Å². The second-order valence-corrected chi connectivity index (χ2v) is 5.07. The molecule has 0 radical (unpaired) electrons. The van der Waals surface area contributed by atoms with E-state index >= 15 is 0 Å². The van der Waals surface area contributed by atoms with Gasteiger partial charge in [0.2, 0.25) is 0 Å². The minimum atomic E-state index is -4.35. The fourth-order valence-electron chi connectivity index (χ4n) is 2.75. The Bertz CT molecular complexity index is 321. The minimum absolute atomic E-state index is 0.0346. The van der Waals surface area contributed by atoms with Gasteiger partial charge in [0.05, 0.1) is 0 Å². The lowest BCUT2D eigenvalue weighted by atomic mass is 10.1. The number of halogens is 3. The van der Waals surface area contributed by atoms with E-state index in [2.05, 4.69) is 4.90 Å². The maximum Gasteiger partial charge on any atom is 0.405 e. The molecule has 0 bridgehead atoms. The monoisotopic (exact) mass is 265 g/mol. The maximum absolute atomic E-state index is 12.1. The molecule has 2 unspecified atom stereocenters. The Kier molecular flexibility index (Phi) is 3.70. The summed E-state index contributed by atoms with van der Waals surface area (Å²) in [5, 5.41) is 1.95. The summed E-state index contributed by atoms with van der Waals surface area (Å²) in [5.41, 5.74) is 0. The van der Waals surface area contributed by atoms with Crippen LogP contribution in [0.25, 0.3) is 0 Å². The second-order valence-electron chi connectivity index (χ2n) is 5.07. The highest BCUT2D eigenvalue weighted by molar-refractivity contribution is 5.74. The normalized spacial score (nSPS) is 29.2. The van der Waals surface area contributed by atoms with Crippen molar-refractivity contribution in [3.8, 4) is 0 Å². The topological polar surface area (TPSA) is 35.6 Å². The number of urea groups is 1. The van der Waals surface area contributed by atoms with Crippen molar-refractivity contribution in [2.45, 2.75) is 38.0 Å². The van der Waals surface area contributed by atoms with Crippen LogP contribution < -0.4 is 5.32 Å². The molecule has 2 saturated heterocycles. The summed E-state index contributed by atoms with van der Waals surface area (Å²) < 4.78 is 36.2. The van der Waals surface area contributed by atoms with E-state index in [1.54, 1.807) is 0 Å². The molecule has 18 heavy (non-hydrogen) atoms. The molecule has 7 heteroatoms. The van der Waals surface area contributed by atoms with E-state index in [0.29, 0.717) is 12.6 Å². The van der Waals surface area contributed by atoms with Gasteiger partial charge in [0, 0.05) is 25.2 Å². The number of alkyl halides is 3. The summed E-state index contributed by atoms with van der Waals surface area (Å²) in [4.78, 5) is 15.6. The summed E-state index contributed by atoms with van der Waals surface area (Å²) in [6, 6.07) is -0.322. The van der Waals surface area contributed by atoms with Gasteiger partial charge in [-0.3, -0.25) is 4.90 Å². The van der Waals surface area contributed by atoms with Crippen molar-refractivity contribution >= 4 is 6.03 Å². The van der Waals surface area contributed by atoms with Crippen LogP contribution in [0.2, 0.25) is 0 Å². The van der Waals surface area contributed by atoms with Crippen LogP contribution in [0.5, 0.6) is 0 Å². The molecule has 2 aliphatic heterocycles. The molecule has 0 aromatic rings. The molecule has 0 spiro atoms. The molecular weight excluding hydrogens is 247 g/mol. The van der Waals surface area contributed by atoms with E-state index in [4.69, 9.17) is 0 Å². The van der Waals surface area contributed by atoms with E-state index in [1.807, 2.05) is 12.2 Å². The SMILES string of the molecule is CC1CN2CCCC2CN1C(=O)NCC(F)(F)F. The zero-order chi connectivity index (χ0) is 13.3. The first-order chi connectivity index (χ1) is 8.37. The molecular formula is C11H18F3N3O. The lowest BCUT2D eigenvalue weighted by Crippen LogP contribution is -2.59. The zero-order valence-corrected chi connectivity index (χ0v) is 10.3. The number of hydrogen-bond donors (Lipinski definition) is 1. The minimum Gasteiger partial charge on any atom is -0.329 e. The largest absolute Gasteiger partial charge is 0.405 e. The zero-order valence-electron chi connectivity index (χ0n) is 10.3. The Hall–Kier alpha value is -0.980. The Morgan fingerprint density at radius 1 is 1.39 bits per heavy atom. The molecule has 2 heterocycles. The summed E-state index contributed by atoms with van der Waals surface area (Å²) in [5.74, 6) is 0. The first kappa shape index (κ1) is 13.5. The predicted octanol–water partition coefficient (Wildman–Crippen LogP) is 1.43. The van der Waals surface area contributed by atoms with Gasteiger partial charge in [0.25, 0.3) is 0 Å². The van der Waals surface area contributed by atoms with Crippen molar-refractivity contribution in [1.29, 1.82) is 0 Å². The van der Waals surface area contributed by atoms with Crippen LogP contribution >= 0.6 is 0 Å². The molecule has 1 N–H and O–H groups in total. The molecule has 0 aromatic carbocycles. The number of nitrogens with zero attached hydrogens (tertiary/aromatic N) is 2. The van der Waals surface area contributed by atoms with Gasteiger partial charge in [0.15, 0.2) is 0 Å². The highest BCUT2D eigenvalue weighted by Gasteiger charge is 2.37. The third-order valence-electron chi connectivity index (χ3n) is 3.64. The number of piperazine rings is 1. The molecule has 0 aliphatic carbocycles. The quantitative estimate of drug-likeness (QED) is 0.778. The van der Waals surface area contributed by atoms with Crippen molar-refractivity contribution < 1.29 is 18.0 Å². The molecule has 4 nitrogen and oxygen atoms in total. The summed E-state index contributed by atoms with van der Waals surface area (Å²) >= 11 is 0. The van der Waals surface area contributed by atoms with Crippen molar-refractivity contribution in [1.82, 2.24) is 15.1 Å². The van der Waals surface area contributed by atoms with E-state index < -0.39 is 18.8 Å². The highest BCUT2D eigenvalue weighted by Crippen LogP contribution is 2.24. The van der Waals surface area contributed by atoms with Crippen molar-refractivity contribution in [3.63, 3.8) is 0 Å². The van der Waals surface area contributed by atoms with Crippen LogP contribution in [0, 0.1) is 0 Å². The first-order valence-electron chi connectivity index (χ1n) is 6.22. The van der Waals surface area contributed by atoms with Gasteiger partial charge in [-0.25, -0.2) is 4.79 Å². The van der Waals surface area contributed by atoms with Crippen molar-refractivity contribution in [3.05, 3.63) is 0 Å². The Labute approximate surface area is 104 Å². The van der Waals surface area contributed by atoms with Crippen LogP contribution in [-0.4, -0.2) is 60.3 Å². The van der Waals surface area contributed by atoms with Crippen LogP contribution in [0.4, 0.5) is 18.0 Å².